The first-order chi connectivity index (χ1) is 16.5. The van der Waals surface area contributed by atoms with Gasteiger partial charge in [-0.3, -0.25) is 9.59 Å². The summed E-state index contributed by atoms with van der Waals surface area (Å²) in [6.45, 7) is 0.712. The van der Waals surface area contributed by atoms with Crippen LogP contribution in [-0.2, 0) is 27.3 Å². The smallest absolute Gasteiger partial charge is 0.305 e. The van der Waals surface area contributed by atoms with E-state index in [9.17, 15) is 9.59 Å². The van der Waals surface area contributed by atoms with Crippen molar-refractivity contribution in [1.29, 1.82) is 0 Å². The molecule has 1 heterocycles. The minimum Gasteiger partial charge on any atom is -0.493 e. The van der Waals surface area contributed by atoms with Crippen LogP contribution in [0, 0.1) is 0 Å². The number of esters is 1. The van der Waals surface area contributed by atoms with Gasteiger partial charge in [0.1, 0.15) is 11.5 Å². The zero-order valence-electron chi connectivity index (χ0n) is 18.9. The second-order valence-corrected chi connectivity index (χ2v) is 8.43. The van der Waals surface area contributed by atoms with Gasteiger partial charge in [0.2, 0.25) is 0 Å². The van der Waals surface area contributed by atoms with Crippen LogP contribution in [0.4, 0.5) is 5.69 Å². The molecule has 6 nitrogen and oxygen atoms in total. The number of nitrogens with zero attached hydrogens (tertiary/aromatic N) is 1. The Labute approximate surface area is 204 Å². The van der Waals surface area contributed by atoms with Crippen LogP contribution in [-0.4, -0.2) is 31.7 Å². The highest BCUT2D eigenvalue weighted by atomic mass is 35.5. The van der Waals surface area contributed by atoms with E-state index in [2.05, 4.69) is 0 Å². The van der Waals surface area contributed by atoms with E-state index in [-0.39, 0.29) is 11.9 Å². The fourth-order valence-corrected chi connectivity index (χ4v) is 4.08. The lowest BCUT2D eigenvalue weighted by Crippen LogP contribution is -2.46. The van der Waals surface area contributed by atoms with Crippen molar-refractivity contribution in [3.63, 3.8) is 0 Å². The molecule has 0 radical (unpaired) electrons. The molecule has 1 atom stereocenters. The largest absolute Gasteiger partial charge is 0.493 e. The Morgan fingerprint density at radius 1 is 1.03 bits per heavy atom. The van der Waals surface area contributed by atoms with Crippen molar-refractivity contribution in [3.8, 4) is 11.5 Å². The molecular weight excluding hydrogens is 454 g/mol. The summed E-state index contributed by atoms with van der Waals surface area (Å²) < 4.78 is 16.6. The molecule has 0 aliphatic carbocycles. The van der Waals surface area contributed by atoms with Crippen LogP contribution in [0.25, 0.3) is 0 Å². The number of carbonyl (C=O) groups excluding carboxylic acids is 2. The molecule has 0 N–H and O–H groups in total. The highest BCUT2D eigenvalue weighted by Gasteiger charge is 2.34. The van der Waals surface area contributed by atoms with Crippen LogP contribution in [0.1, 0.15) is 24.0 Å². The van der Waals surface area contributed by atoms with Gasteiger partial charge in [0.05, 0.1) is 25.9 Å². The number of halogens is 1. The number of hydrogen-bond acceptors (Lipinski definition) is 5. The summed E-state index contributed by atoms with van der Waals surface area (Å²) >= 11 is 6.14. The van der Waals surface area contributed by atoms with Crippen LogP contribution in [0.15, 0.2) is 72.8 Å². The van der Waals surface area contributed by atoms with Gasteiger partial charge >= 0.3 is 5.97 Å². The van der Waals surface area contributed by atoms with Crippen LogP contribution < -0.4 is 14.4 Å². The SMILES string of the molecule is COC(=O)CCc1cccc(OCCC2Oc3ccccc3N(Cc3cccc(Cl)c3)C2=O)c1. The van der Waals surface area contributed by atoms with Crippen molar-refractivity contribution in [2.45, 2.75) is 31.9 Å². The van der Waals surface area contributed by atoms with Crippen LogP contribution >= 0.6 is 11.6 Å². The van der Waals surface area contributed by atoms with E-state index in [1.165, 1.54) is 7.11 Å². The molecule has 1 amide bonds. The van der Waals surface area contributed by atoms with Crippen molar-refractivity contribution < 1.29 is 23.8 Å². The lowest BCUT2D eigenvalue weighted by atomic mass is 10.1. The molecule has 0 saturated carbocycles. The molecule has 176 valence electrons. The van der Waals surface area contributed by atoms with Crippen molar-refractivity contribution in [3.05, 3.63) is 88.9 Å². The third-order valence-corrected chi connectivity index (χ3v) is 5.82. The van der Waals surface area contributed by atoms with Crippen LogP contribution in [0.2, 0.25) is 5.02 Å². The van der Waals surface area contributed by atoms with Crippen LogP contribution in [0.5, 0.6) is 11.5 Å². The number of anilines is 1. The van der Waals surface area contributed by atoms with E-state index in [0.29, 0.717) is 48.9 Å². The minimum absolute atomic E-state index is 0.117. The summed E-state index contributed by atoms with van der Waals surface area (Å²) in [6.07, 6.45) is 0.623. The summed E-state index contributed by atoms with van der Waals surface area (Å²) in [5.74, 6) is 0.983. The third-order valence-electron chi connectivity index (χ3n) is 5.59. The van der Waals surface area contributed by atoms with Gasteiger partial charge in [-0.25, -0.2) is 0 Å². The fraction of sp³-hybridized carbons (Fsp3) is 0.259. The van der Waals surface area contributed by atoms with Gasteiger partial charge in [0.15, 0.2) is 6.10 Å². The van der Waals surface area contributed by atoms with Gasteiger partial charge < -0.3 is 19.1 Å². The summed E-state index contributed by atoms with van der Waals surface area (Å²) in [5.41, 5.74) is 2.66. The zero-order valence-corrected chi connectivity index (χ0v) is 19.7. The van der Waals surface area contributed by atoms with Crippen LogP contribution in [0.3, 0.4) is 0 Å². The normalized spacial score (nSPS) is 14.8. The van der Waals surface area contributed by atoms with Gasteiger partial charge in [0, 0.05) is 17.9 Å². The fourth-order valence-electron chi connectivity index (χ4n) is 3.86. The molecule has 0 bridgehead atoms. The highest BCUT2D eigenvalue weighted by molar-refractivity contribution is 6.30. The first-order valence-corrected chi connectivity index (χ1v) is 11.5. The van der Waals surface area contributed by atoms with Gasteiger partial charge in [-0.1, -0.05) is 48.0 Å². The molecule has 0 saturated heterocycles. The molecule has 0 fully saturated rings. The number of hydrogen-bond donors (Lipinski definition) is 0. The molecule has 7 heteroatoms. The van der Waals surface area contributed by atoms with E-state index < -0.39 is 6.10 Å². The second kappa shape index (κ2) is 11.1. The molecule has 0 spiro atoms. The van der Waals surface area contributed by atoms with Crippen molar-refractivity contribution in [2.24, 2.45) is 0 Å². The molecule has 1 unspecified atom stereocenters. The van der Waals surface area contributed by atoms with Crippen molar-refractivity contribution in [1.82, 2.24) is 0 Å². The number of amides is 1. The Morgan fingerprint density at radius 3 is 2.65 bits per heavy atom. The van der Waals surface area contributed by atoms with E-state index in [0.717, 1.165) is 16.8 Å². The Morgan fingerprint density at radius 2 is 1.82 bits per heavy atom. The number of benzene rings is 3. The number of methoxy groups -OCH3 is 1. The lowest BCUT2D eigenvalue weighted by molar-refractivity contribution is -0.140. The Bertz CT molecular complexity index is 1170. The van der Waals surface area contributed by atoms with Gasteiger partial charge in [0.25, 0.3) is 5.91 Å². The molecule has 4 rings (SSSR count). The van der Waals surface area contributed by atoms with Gasteiger partial charge in [-0.15, -0.1) is 0 Å². The maximum Gasteiger partial charge on any atom is 0.305 e. The predicted octanol–water partition coefficient (Wildman–Crippen LogP) is 5.21. The van der Waals surface area contributed by atoms with E-state index >= 15 is 0 Å². The molecule has 1 aliphatic rings. The Hall–Kier alpha value is -3.51. The summed E-state index contributed by atoms with van der Waals surface area (Å²) in [6, 6.07) is 22.6. The number of aryl methyl sites for hydroxylation is 1. The maximum absolute atomic E-state index is 13.3. The molecule has 34 heavy (non-hydrogen) atoms. The summed E-state index contributed by atoms with van der Waals surface area (Å²) in [5, 5.41) is 0.630. The first kappa shape index (κ1) is 23.6. The number of carbonyl (C=O) groups is 2. The molecule has 0 aromatic heterocycles. The van der Waals surface area contributed by atoms with Gasteiger partial charge in [-0.2, -0.15) is 0 Å². The maximum atomic E-state index is 13.3. The first-order valence-electron chi connectivity index (χ1n) is 11.1. The van der Waals surface area contributed by atoms with E-state index in [1.54, 1.807) is 4.90 Å². The quantitative estimate of drug-likeness (QED) is 0.394. The minimum atomic E-state index is -0.656. The van der Waals surface area contributed by atoms with Crippen molar-refractivity contribution in [2.75, 3.05) is 18.6 Å². The molecule has 3 aromatic carbocycles. The van der Waals surface area contributed by atoms with Gasteiger partial charge in [-0.05, 0) is 53.9 Å². The number of fused-ring (bicyclic) bond motifs is 1. The second-order valence-electron chi connectivity index (χ2n) is 7.99. The summed E-state index contributed by atoms with van der Waals surface area (Å²) in [7, 11) is 1.38. The number of ether oxygens (including phenoxy) is 3. The lowest BCUT2D eigenvalue weighted by Gasteiger charge is -2.34. The molecule has 3 aromatic rings. The number of rotatable bonds is 9. The molecule has 1 aliphatic heterocycles. The molecular formula is C27H26ClNO5. The predicted molar refractivity (Wildman–Crippen MR) is 130 cm³/mol. The topological polar surface area (TPSA) is 65.1 Å². The van der Waals surface area contributed by atoms with Crippen molar-refractivity contribution >= 4 is 29.2 Å². The Kier molecular flexibility index (Phi) is 7.70. The average Bonchev–Trinajstić information content (AvgIpc) is 2.85. The number of para-hydroxylation sites is 2. The zero-order chi connectivity index (χ0) is 23.9. The third kappa shape index (κ3) is 5.88. The monoisotopic (exact) mass is 479 g/mol. The Balaban J connectivity index is 1.41. The van der Waals surface area contributed by atoms with E-state index in [1.807, 2.05) is 72.8 Å². The average molecular weight is 480 g/mol. The highest BCUT2D eigenvalue weighted by Crippen LogP contribution is 2.35. The standard InChI is InChI=1S/C27H26ClNO5/c1-32-26(30)13-12-19-6-5-9-22(17-19)33-15-14-25-27(31)29(18-20-7-4-8-21(28)16-20)23-10-2-3-11-24(23)34-25/h2-11,16-17,25H,12-15,18H2,1H3. The van der Waals surface area contributed by atoms with E-state index in [4.69, 9.17) is 25.8 Å². The summed E-state index contributed by atoms with van der Waals surface area (Å²) in [4.78, 5) is 26.4.